The van der Waals surface area contributed by atoms with Crippen molar-refractivity contribution < 1.29 is 4.79 Å². The standard InChI is InChI=1S/C8H15NO/c1-4-7(3)8(10)6-9-5-2/h5,7,9H,2,4,6H2,1,3H3. The fraction of sp³-hybridized carbons (Fsp3) is 0.625. The second kappa shape index (κ2) is 5.03. The smallest absolute Gasteiger partial charge is 0.154 e. The molecule has 0 aromatic rings. The maximum absolute atomic E-state index is 11.0. The summed E-state index contributed by atoms with van der Waals surface area (Å²) in [7, 11) is 0. The van der Waals surface area contributed by atoms with E-state index in [0.717, 1.165) is 6.42 Å². The molecule has 1 N–H and O–H groups in total. The van der Waals surface area contributed by atoms with Crippen molar-refractivity contribution in [3.63, 3.8) is 0 Å². The molecule has 0 aromatic carbocycles. The Kier molecular flexibility index (Phi) is 4.63. The van der Waals surface area contributed by atoms with Crippen LogP contribution in [0.5, 0.6) is 0 Å². The van der Waals surface area contributed by atoms with Gasteiger partial charge in [-0.3, -0.25) is 4.79 Å². The second-order valence-electron chi connectivity index (χ2n) is 2.36. The van der Waals surface area contributed by atoms with Crippen molar-refractivity contribution in [3.8, 4) is 0 Å². The van der Waals surface area contributed by atoms with Crippen molar-refractivity contribution >= 4 is 5.78 Å². The first-order chi connectivity index (χ1) is 4.72. The Hall–Kier alpha value is -0.790. The van der Waals surface area contributed by atoms with Crippen molar-refractivity contribution in [2.45, 2.75) is 20.3 Å². The molecule has 0 fully saturated rings. The molecule has 0 rings (SSSR count). The summed E-state index contributed by atoms with van der Waals surface area (Å²) in [5.74, 6) is 0.426. The SMILES string of the molecule is C=CNCC(=O)C(C)CC. The Morgan fingerprint density at radius 1 is 1.80 bits per heavy atom. The Balaban J connectivity index is 3.51. The number of ketones is 1. The molecule has 0 saturated carbocycles. The first kappa shape index (κ1) is 9.21. The van der Waals surface area contributed by atoms with Crippen LogP contribution in [-0.4, -0.2) is 12.3 Å². The van der Waals surface area contributed by atoms with E-state index in [0.29, 0.717) is 6.54 Å². The van der Waals surface area contributed by atoms with Gasteiger partial charge in [0.1, 0.15) is 0 Å². The third-order valence-electron chi connectivity index (χ3n) is 1.58. The maximum Gasteiger partial charge on any atom is 0.154 e. The van der Waals surface area contributed by atoms with Crippen LogP contribution in [0, 0.1) is 5.92 Å². The van der Waals surface area contributed by atoms with Crippen molar-refractivity contribution in [2.24, 2.45) is 5.92 Å². The van der Waals surface area contributed by atoms with Gasteiger partial charge in [0.2, 0.25) is 0 Å². The normalized spacial score (nSPS) is 12.2. The monoisotopic (exact) mass is 141 g/mol. The lowest BCUT2D eigenvalue weighted by Crippen LogP contribution is -2.22. The van der Waals surface area contributed by atoms with Crippen LogP contribution in [0.2, 0.25) is 0 Å². The molecular weight excluding hydrogens is 126 g/mol. The molecule has 0 aliphatic carbocycles. The molecule has 0 heterocycles. The van der Waals surface area contributed by atoms with Gasteiger partial charge in [0.25, 0.3) is 0 Å². The first-order valence-corrected chi connectivity index (χ1v) is 3.59. The molecule has 0 bridgehead atoms. The lowest BCUT2D eigenvalue weighted by molar-refractivity contribution is -0.121. The van der Waals surface area contributed by atoms with Gasteiger partial charge < -0.3 is 5.32 Å². The van der Waals surface area contributed by atoms with E-state index < -0.39 is 0 Å². The number of carbonyl (C=O) groups is 1. The molecule has 2 nitrogen and oxygen atoms in total. The molecule has 10 heavy (non-hydrogen) atoms. The Morgan fingerprint density at radius 3 is 2.80 bits per heavy atom. The quantitative estimate of drug-likeness (QED) is 0.626. The summed E-state index contributed by atoms with van der Waals surface area (Å²) in [6.45, 7) is 7.82. The van der Waals surface area contributed by atoms with Gasteiger partial charge in [-0.05, 0) is 12.6 Å². The number of nitrogens with one attached hydrogen (secondary N) is 1. The molecule has 0 radical (unpaired) electrons. The van der Waals surface area contributed by atoms with E-state index in [1.165, 1.54) is 0 Å². The van der Waals surface area contributed by atoms with Crippen LogP contribution in [0.3, 0.4) is 0 Å². The highest BCUT2D eigenvalue weighted by atomic mass is 16.1. The predicted octanol–water partition coefficient (Wildman–Crippen LogP) is 1.33. The number of rotatable bonds is 5. The fourth-order valence-corrected chi connectivity index (χ4v) is 0.575. The highest BCUT2D eigenvalue weighted by Gasteiger charge is 2.07. The Labute approximate surface area is 62.3 Å². The average Bonchev–Trinajstić information content (AvgIpc) is 1.98. The van der Waals surface area contributed by atoms with Gasteiger partial charge in [-0.1, -0.05) is 20.4 Å². The summed E-state index contributed by atoms with van der Waals surface area (Å²) >= 11 is 0. The Bertz CT molecular complexity index is 120. The zero-order valence-corrected chi connectivity index (χ0v) is 6.68. The van der Waals surface area contributed by atoms with Gasteiger partial charge in [-0.25, -0.2) is 0 Å². The zero-order chi connectivity index (χ0) is 7.98. The minimum absolute atomic E-state index is 0.174. The van der Waals surface area contributed by atoms with Crippen LogP contribution in [0.1, 0.15) is 20.3 Å². The van der Waals surface area contributed by atoms with Gasteiger partial charge in [0, 0.05) is 5.92 Å². The lowest BCUT2D eigenvalue weighted by Gasteiger charge is -2.05. The van der Waals surface area contributed by atoms with Crippen molar-refractivity contribution in [1.29, 1.82) is 0 Å². The number of Topliss-reactive ketones (excluding diaryl/α,β-unsaturated/α-hetero) is 1. The van der Waals surface area contributed by atoms with E-state index >= 15 is 0 Å². The number of hydrogen-bond donors (Lipinski definition) is 1. The molecule has 1 atom stereocenters. The third kappa shape index (κ3) is 3.28. The molecule has 0 saturated heterocycles. The molecule has 0 amide bonds. The van der Waals surface area contributed by atoms with Crippen LogP contribution in [-0.2, 0) is 4.79 Å². The van der Waals surface area contributed by atoms with Crippen LogP contribution in [0.4, 0.5) is 0 Å². The van der Waals surface area contributed by atoms with E-state index in [1.54, 1.807) is 6.20 Å². The summed E-state index contributed by atoms with van der Waals surface area (Å²) in [5.41, 5.74) is 0. The third-order valence-corrected chi connectivity index (χ3v) is 1.58. The molecule has 2 heteroatoms. The molecule has 1 unspecified atom stereocenters. The van der Waals surface area contributed by atoms with Gasteiger partial charge in [-0.2, -0.15) is 0 Å². The largest absolute Gasteiger partial charge is 0.384 e. The molecule has 58 valence electrons. The highest BCUT2D eigenvalue weighted by molar-refractivity contribution is 5.82. The molecule has 0 spiro atoms. The fourth-order valence-electron chi connectivity index (χ4n) is 0.575. The van der Waals surface area contributed by atoms with E-state index in [4.69, 9.17) is 0 Å². The molecule has 0 aromatic heterocycles. The second-order valence-corrected chi connectivity index (χ2v) is 2.36. The topological polar surface area (TPSA) is 29.1 Å². The highest BCUT2D eigenvalue weighted by Crippen LogP contribution is 2.00. The van der Waals surface area contributed by atoms with Crippen molar-refractivity contribution in [2.75, 3.05) is 6.54 Å². The summed E-state index contributed by atoms with van der Waals surface area (Å²) in [5, 5.41) is 2.78. The van der Waals surface area contributed by atoms with E-state index in [1.807, 2.05) is 13.8 Å². The van der Waals surface area contributed by atoms with Crippen molar-refractivity contribution in [3.05, 3.63) is 12.8 Å². The molecular formula is C8H15NO. The van der Waals surface area contributed by atoms with E-state index in [9.17, 15) is 4.79 Å². The average molecular weight is 141 g/mol. The van der Waals surface area contributed by atoms with E-state index in [2.05, 4.69) is 11.9 Å². The number of hydrogen-bond acceptors (Lipinski definition) is 2. The summed E-state index contributed by atoms with van der Waals surface area (Å²) < 4.78 is 0. The van der Waals surface area contributed by atoms with Gasteiger partial charge in [-0.15, -0.1) is 0 Å². The first-order valence-electron chi connectivity index (χ1n) is 3.59. The van der Waals surface area contributed by atoms with E-state index in [-0.39, 0.29) is 11.7 Å². The lowest BCUT2D eigenvalue weighted by atomic mass is 10.0. The number of carbonyl (C=O) groups excluding carboxylic acids is 1. The van der Waals surface area contributed by atoms with Gasteiger partial charge in [0.05, 0.1) is 6.54 Å². The van der Waals surface area contributed by atoms with Gasteiger partial charge >= 0.3 is 0 Å². The summed E-state index contributed by atoms with van der Waals surface area (Å²) in [6.07, 6.45) is 2.46. The van der Waals surface area contributed by atoms with Crippen LogP contribution in [0.25, 0.3) is 0 Å². The van der Waals surface area contributed by atoms with Crippen LogP contribution >= 0.6 is 0 Å². The maximum atomic E-state index is 11.0. The van der Waals surface area contributed by atoms with Crippen LogP contribution in [0.15, 0.2) is 12.8 Å². The molecule has 0 aliphatic heterocycles. The van der Waals surface area contributed by atoms with Crippen LogP contribution < -0.4 is 5.32 Å². The summed E-state index contributed by atoms with van der Waals surface area (Å²) in [4.78, 5) is 11.0. The van der Waals surface area contributed by atoms with Gasteiger partial charge in [0.15, 0.2) is 5.78 Å². The summed E-state index contributed by atoms with van der Waals surface area (Å²) in [6, 6.07) is 0. The zero-order valence-electron chi connectivity index (χ0n) is 6.68. The minimum Gasteiger partial charge on any atom is -0.384 e. The predicted molar refractivity (Wildman–Crippen MR) is 42.7 cm³/mol. The molecule has 0 aliphatic rings. The van der Waals surface area contributed by atoms with Crippen molar-refractivity contribution in [1.82, 2.24) is 5.32 Å². The Morgan fingerprint density at radius 2 is 2.40 bits per heavy atom. The minimum atomic E-state index is 0.174.